The molecule has 0 amide bonds. The molecule has 2 aromatic heterocycles. The van der Waals surface area contributed by atoms with Crippen molar-refractivity contribution in [3.05, 3.63) is 29.0 Å². The lowest BCUT2D eigenvalue weighted by Gasteiger charge is -1.95. The van der Waals surface area contributed by atoms with Crippen molar-refractivity contribution in [2.45, 2.75) is 12.7 Å². The molecule has 0 fully saturated rings. The summed E-state index contributed by atoms with van der Waals surface area (Å²) in [7, 11) is 0. The molecule has 0 saturated heterocycles. The van der Waals surface area contributed by atoms with Crippen LogP contribution in [0.2, 0.25) is 0 Å². The molecule has 0 aliphatic rings. The Morgan fingerprint density at radius 3 is 3.12 bits per heavy atom. The number of hydrazone groups is 1. The Hall–Kier alpha value is -1.47. The number of rotatable bonds is 3. The lowest BCUT2D eigenvalue weighted by atomic mass is 10.4. The molecule has 0 aromatic carbocycles. The van der Waals surface area contributed by atoms with Crippen LogP contribution in [0.15, 0.2) is 27.0 Å². The van der Waals surface area contributed by atoms with Gasteiger partial charge >= 0.3 is 0 Å². The fourth-order valence-corrected chi connectivity index (χ4v) is 2.52. The van der Waals surface area contributed by atoms with E-state index in [1.165, 1.54) is 11.8 Å². The molecular formula is C10H12N4OS2. The predicted octanol–water partition coefficient (Wildman–Crippen LogP) is 2.13. The van der Waals surface area contributed by atoms with Crippen LogP contribution < -0.4 is 11.6 Å². The standard InChI is InChI=1S/C10H12N4OS2/c1-6-7(5-17-10(11)14-12)13-9(15-6)8-3-2-4-16-8/h2-4H,5,12H2,1H3,(H2,11,14). The summed E-state index contributed by atoms with van der Waals surface area (Å²) in [5.41, 5.74) is 6.37. The molecule has 4 N–H and O–H groups in total. The third kappa shape index (κ3) is 2.80. The fourth-order valence-electron chi connectivity index (χ4n) is 1.25. The summed E-state index contributed by atoms with van der Waals surface area (Å²) in [5.74, 6) is 7.11. The van der Waals surface area contributed by atoms with Crippen molar-refractivity contribution in [2.24, 2.45) is 16.7 Å². The van der Waals surface area contributed by atoms with Gasteiger partial charge in [-0.15, -0.1) is 11.3 Å². The molecule has 0 atom stereocenters. The summed E-state index contributed by atoms with van der Waals surface area (Å²) in [4.78, 5) is 5.45. The minimum atomic E-state index is 0.338. The second-order valence-electron chi connectivity index (χ2n) is 3.26. The van der Waals surface area contributed by atoms with Crippen molar-refractivity contribution in [3.8, 4) is 10.8 Å². The summed E-state index contributed by atoms with van der Waals surface area (Å²) >= 11 is 2.93. The lowest BCUT2D eigenvalue weighted by molar-refractivity contribution is 0.542. The van der Waals surface area contributed by atoms with Gasteiger partial charge in [0.1, 0.15) is 5.76 Å². The maximum Gasteiger partial charge on any atom is 0.236 e. The number of hydrogen-bond acceptors (Lipinski definition) is 6. The zero-order valence-electron chi connectivity index (χ0n) is 9.21. The van der Waals surface area contributed by atoms with Gasteiger partial charge in [0, 0.05) is 5.75 Å². The first-order valence-corrected chi connectivity index (χ1v) is 6.73. The van der Waals surface area contributed by atoms with Crippen LogP contribution in [0.4, 0.5) is 0 Å². The quantitative estimate of drug-likeness (QED) is 0.385. The summed E-state index contributed by atoms with van der Waals surface area (Å²) in [6, 6.07) is 3.94. The third-order valence-electron chi connectivity index (χ3n) is 2.11. The first kappa shape index (κ1) is 12.0. The molecule has 0 spiro atoms. The number of thioether (sulfide) groups is 1. The normalized spacial score (nSPS) is 11.9. The van der Waals surface area contributed by atoms with E-state index in [1.807, 2.05) is 24.4 Å². The van der Waals surface area contributed by atoms with Crippen LogP contribution >= 0.6 is 23.1 Å². The van der Waals surface area contributed by atoms with E-state index < -0.39 is 0 Å². The summed E-state index contributed by atoms with van der Waals surface area (Å²) in [5, 5.41) is 5.72. The number of nitrogens with zero attached hydrogens (tertiary/aromatic N) is 2. The molecule has 2 rings (SSSR count). The zero-order chi connectivity index (χ0) is 12.3. The molecule has 5 nitrogen and oxygen atoms in total. The van der Waals surface area contributed by atoms with Gasteiger partial charge in [-0.05, 0) is 18.4 Å². The SMILES string of the molecule is Cc1oc(-c2cccs2)nc1CSC(N)=NN. The summed E-state index contributed by atoms with van der Waals surface area (Å²) in [6.07, 6.45) is 0. The highest BCUT2D eigenvalue weighted by Gasteiger charge is 2.12. The third-order valence-corrected chi connectivity index (χ3v) is 3.79. The van der Waals surface area contributed by atoms with E-state index in [4.69, 9.17) is 16.0 Å². The van der Waals surface area contributed by atoms with E-state index in [-0.39, 0.29) is 0 Å². The maximum atomic E-state index is 5.60. The van der Waals surface area contributed by atoms with E-state index >= 15 is 0 Å². The number of nitrogens with two attached hydrogens (primary N) is 2. The predicted molar refractivity (Wildman–Crippen MR) is 71.7 cm³/mol. The Bertz CT molecular complexity index is 518. The van der Waals surface area contributed by atoms with Crippen LogP contribution in [0.3, 0.4) is 0 Å². The largest absolute Gasteiger partial charge is 0.440 e. The van der Waals surface area contributed by atoms with Crippen LogP contribution in [0.1, 0.15) is 11.5 Å². The summed E-state index contributed by atoms with van der Waals surface area (Å²) < 4.78 is 5.60. The molecule has 2 aromatic rings. The van der Waals surface area contributed by atoms with Crippen LogP contribution in [0.25, 0.3) is 10.8 Å². The van der Waals surface area contributed by atoms with Gasteiger partial charge < -0.3 is 16.0 Å². The molecule has 0 saturated carbocycles. The zero-order valence-corrected chi connectivity index (χ0v) is 10.8. The Kier molecular flexibility index (Phi) is 3.70. The topological polar surface area (TPSA) is 90.4 Å². The van der Waals surface area contributed by atoms with Gasteiger partial charge in [0.15, 0.2) is 5.17 Å². The molecule has 0 aliphatic heterocycles. The van der Waals surface area contributed by atoms with E-state index in [2.05, 4.69) is 10.1 Å². The molecule has 0 aliphatic carbocycles. The Morgan fingerprint density at radius 1 is 1.65 bits per heavy atom. The van der Waals surface area contributed by atoms with Gasteiger partial charge in [-0.1, -0.05) is 17.8 Å². The first-order valence-electron chi connectivity index (χ1n) is 4.87. The fraction of sp³-hybridized carbons (Fsp3) is 0.200. The number of oxazole rings is 1. The van der Waals surface area contributed by atoms with Gasteiger partial charge in [-0.25, -0.2) is 4.98 Å². The van der Waals surface area contributed by atoms with Gasteiger partial charge in [-0.2, -0.15) is 5.10 Å². The van der Waals surface area contributed by atoms with Crippen molar-refractivity contribution in [1.29, 1.82) is 0 Å². The number of hydrogen-bond donors (Lipinski definition) is 2. The number of aromatic nitrogens is 1. The molecule has 7 heteroatoms. The molecule has 90 valence electrons. The van der Waals surface area contributed by atoms with Crippen molar-refractivity contribution < 1.29 is 4.42 Å². The number of aryl methyl sites for hydroxylation is 1. The Labute approximate surface area is 107 Å². The number of amidine groups is 1. The second kappa shape index (κ2) is 5.24. The molecule has 0 radical (unpaired) electrons. The van der Waals surface area contributed by atoms with Crippen LogP contribution in [-0.4, -0.2) is 10.2 Å². The van der Waals surface area contributed by atoms with Crippen molar-refractivity contribution in [2.75, 3.05) is 0 Å². The van der Waals surface area contributed by atoms with E-state index in [0.717, 1.165) is 16.3 Å². The van der Waals surface area contributed by atoms with Gasteiger partial charge in [0.25, 0.3) is 0 Å². The molecule has 17 heavy (non-hydrogen) atoms. The van der Waals surface area contributed by atoms with Crippen LogP contribution in [0.5, 0.6) is 0 Å². The molecular weight excluding hydrogens is 256 g/mol. The monoisotopic (exact) mass is 268 g/mol. The number of thiophene rings is 1. The summed E-state index contributed by atoms with van der Waals surface area (Å²) in [6.45, 7) is 1.88. The first-order chi connectivity index (χ1) is 8.20. The maximum absolute atomic E-state index is 5.60. The van der Waals surface area contributed by atoms with Crippen LogP contribution in [-0.2, 0) is 5.75 Å². The molecule has 0 unspecified atom stereocenters. The van der Waals surface area contributed by atoms with Gasteiger partial charge in [0.2, 0.25) is 5.89 Å². The van der Waals surface area contributed by atoms with Crippen molar-refractivity contribution in [1.82, 2.24) is 4.98 Å². The Balaban J connectivity index is 2.14. The van der Waals surface area contributed by atoms with E-state index in [9.17, 15) is 0 Å². The average molecular weight is 268 g/mol. The highest BCUT2D eigenvalue weighted by atomic mass is 32.2. The highest BCUT2D eigenvalue weighted by molar-refractivity contribution is 8.13. The van der Waals surface area contributed by atoms with E-state index in [0.29, 0.717) is 16.8 Å². The molecule has 2 heterocycles. The molecule has 0 bridgehead atoms. The lowest BCUT2D eigenvalue weighted by Crippen LogP contribution is -2.09. The van der Waals surface area contributed by atoms with Crippen molar-refractivity contribution >= 4 is 28.3 Å². The smallest absolute Gasteiger partial charge is 0.236 e. The average Bonchev–Trinajstić information content (AvgIpc) is 2.95. The Morgan fingerprint density at radius 2 is 2.47 bits per heavy atom. The van der Waals surface area contributed by atoms with Gasteiger partial charge in [-0.3, -0.25) is 0 Å². The second-order valence-corrected chi connectivity index (χ2v) is 5.20. The minimum Gasteiger partial charge on any atom is -0.440 e. The van der Waals surface area contributed by atoms with Crippen molar-refractivity contribution in [3.63, 3.8) is 0 Å². The van der Waals surface area contributed by atoms with Crippen LogP contribution in [0, 0.1) is 6.92 Å². The highest BCUT2D eigenvalue weighted by Crippen LogP contribution is 2.27. The van der Waals surface area contributed by atoms with E-state index in [1.54, 1.807) is 11.3 Å². The minimum absolute atomic E-state index is 0.338. The van der Waals surface area contributed by atoms with Gasteiger partial charge in [0.05, 0.1) is 10.6 Å².